The summed E-state index contributed by atoms with van der Waals surface area (Å²) in [5.74, 6) is 1.11. The molecule has 0 saturated carbocycles. The van der Waals surface area contributed by atoms with Crippen molar-refractivity contribution in [1.29, 1.82) is 0 Å². The number of fused-ring (bicyclic) bond motifs is 1. The molecule has 8 heteroatoms. The predicted molar refractivity (Wildman–Crippen MR) is 104 cm³/mol. The molecule has 0 aliphatic heterocycles. The molecule has 0 amide bonds. The largest absolute Gasteiger partial charge is 0.493 e. The number of nitrogens with zero attached hydrogens (tertiary/aromatic N) is 1. The zero-order valence-electron chi connectivity index (χ0n) is 14.7. The number of hydrogen-bond donors (Lipinski definition) is 1. The Bertz CT molecular complexity index is 1120. The molecule has 1 N–H and O–H groups in total. The fourth-order valence-corrected chi connectivity index (χ4v) is 3.32. The Labute approximate surface area is 159 Å². The summed E-state index contributed by atoms with van der Waals surface area (Å²) in [5.41, 5.74) is 1.60. The van der Waals surface area contributed by atoms with Crippen molar-refractivity contribution in [3.05, 3.63) is 50.0 Å². The molecule has 1 heterocycles. The first-order chi connectivity index (χ1) is 12.4. The Balaban J connectivity index is 2.48. The SMILES string of the molecule is COc1cc2c(=O)n(-c3cc(Cl)ccc3C)c(=S)[nH]c2c(OC)c1OC. The number of aromatic amines is 1. The average molecular weight is 393 g/mol. The number of rotatable bonds is 4. The number of aromatic nitrogens is 2. The number of aryl methyl sites for hydroxylation is 1. The molecule has 1 aromatic heterocycles. The van der Waals surface area contributed by atoms with Gasteiger partial charge >= 0.3 is 0 Å². The van der Waals surface area contributed by atoms with E-state index in [1.807, 2.05) is 13.0 Å². The van der Waals surface area contributed by atoms with Crippen LogP contribution in [0.5, 0.6) is 17.2 Å². The third-order valence-electron chi connectivity index (χ3n) is 4.11. The lowest BCUT2D eigenvalue weighted by Crippen LogP contribution is -2.21. The first-order valence-electron chi connectivity index (χ1n) is 7.67. The summed E-state index contributed by atoms with van der Waals surface area (Å²) >= 11 is 11.5. The van der Waals surface area contributed by atoms with Gasteiger partial charge in [-0.1, -0.05) is 17.7 Å². The van der Waals surface area contributed by atoms with Crippen molar-refractivity contribution in [3.63, 3.8) is 0 Å². The highest BCUT2D eigenvalue weighted by Gasteiger charge is 2.20. The van der Waals surface area contributed by atoms with Gasteiger partial charge in [0.2, 0.25) is 5.75 Å². The minimum Gasteiger partial charge on any atom is -0.493 e. The fourth-order valence-electron chi connectivity index (χ4n) is 2.87. The molecule has 3 rings (SSSR count). The van der Waals surface area contributed by atoms with Crippen LogP contribution in [0.1, 0.15) is 5.56 Å². The Morgan fingerprint density at radius 1 is 1.08 bits per heavy atom. The Morgan fingerprint density at radius 3 is 2.38 bits per heavy atom. The van der Waals surface area contributed by atoms with Crippen molar-refractivity contribution in [2.45, 2.75) is 6.92 Å². The second kappa shape index (κ2) is 7.01. The fraction of sp³-hybridized carbons (Fsp3) is 0.222. The van der Waals surface area contributed by atoms with Gasteiger partial charge in [-0.3, -0.25) is 9.36 Å². The highest BCUT2D eigenvalue weighted by Crippen LogP contribution is 2.41. The van der Waals surface area contributed by atoms with Gasteiger partial charge < -0.3 is 19.2 Å². The molecule has 136 valence electrons. The Morgan fingerprint density at radius 2 is 1.77 bits per heavy atom. The van der Waals surface area contributed by atoms with Crippen molar-refractivity contribution in [2.75, 3.05) is 21.3 Å². The topological polar surface area (TPSA) is 65.5 Å². The van der Waals surface area contributed by atoms with Crippen LogP contribution in [0.3, 0.4) is 0 Å². The quantitative estimate of drug-likeness (QED) is 0.679. The molecule has 0 fully saturated rings. The number of ether oxygens (including phenoxy) is 3. The summed E-state index contributed by atoms with van der Waals surface area (Å²) in [6.07, 6.45) is 0. The van der Waals surface area contributed by atoms with E-state index in [2.05, 4.69) is 4.98 Å². The zero-order valence-corrected chi connectivity index (χ0v) is 16.2. The third kappa shape index (κ3) is 2.83. The summed E-state index contributed by atoms with van der Waals surface area (Å²) in [7, 11) is 4.48. The number of halogens is 1. The molecule has 0 unspecified atom stereocenters. The smallest absolute Gasteiger partial charge is 0.267 e. The van der Waals surface area contributed by atoms with Crippen LogP contribution in [0.25, 0.3) is 16.6 Å². The summed E-state index contributed by atoms with van der Waals surface area (Å²) in [6.45, 7) is 1.88. The summed E-state index contributed by atoms with van der Waals surface area (Å²) in [6, 6.07) is 6.89. The molecule has 3 aromatic rings. The monoisotopic (exact) mass is 392 g/mol. The molecular formula is C18H17ClN2O4S. The van der Waals surface area contributed by atoms with Crippen molar-refractivity contribution in [2.24, 2.45) is 0 Å². The van der Waals surface area contributed by atoms with Gasteiger partial charge in [0.05, 0.1) is 32.4 Å². The van der Waals surface area contributed by atoms with E-state index < -0.39 is 0 Å². The number of hydrogen-bond acceptors (Lipinski definition) is 5. The summed E-state index contributed by atoms with van der Waals surface area (Å²) in [5, 5.41) is 0.865. The van der Waals surface area contributed by atoms with Crippen LogP contribution in [0.4, 0.5) is 0 Å². The third-order valence-corrected chi connectivity index (χ3v) is 4.63. The first-order valence-corrected chi connectivity index (χ1v) is 8.46. The summed E-state index contributed by atoms with van der Waals surface area (Å²) in [4.78, 5) is 16.3. The Kier molecular flexibility index (Phi) is 4.93. The van der Waals surface area contributed by atoms with Crippen LogP contribution in [0.2, 0.25) is 5.02 Å². The molecule has 0 bridgehead atoms. The number of H-pyrrole nitrogens is 1. The number of nitrogens with one attached hydrogen (secondary N) is 1. The normalized spacial score (nSPS) is 10.8. The van der Waals surface area contributed by atoms with Gasteiger partial charge in [0.1, 0.15) is 5.52 Å². The van der Waals surface area contributed by atoms with E-state index in [0.29, 0.717) is 38.9 Å². The van der Waals surface area contributed by atoms with Crippen LogP contribution in [0, 0.1) is 11.7 Å². The van der Waals surface area contributed by atoms with Gasteiger partial charge in [-0.2, -0.15) is 0 Å². The van der Waals surface area contributed by atoms with E-state index in [0.717, 1.165) is 5.56 Å². The van der Waals surface area contributed by atoms with Gasteiger partial charge in [-0.15, -0.1) is 0 Å². The van der Waals surface area contributed by atoms with E-state index in [1.165, 1.54) is 25.9 Å². The van der Waals surface area contributed by atoms with Gasteiger partial charge in [0, 0.05) is 5.02 Å². The molecule has 6 nitrogen and oxygen atoms in total. The lowest BCUT2D eigenvalue weighted by Gasteiger charge is -2.16. The Hall–Kier alpha value is -2.51. The minimum absolute atomic E-state index is 0.221. The van der Waals surface area contributed by atoms with Crippen LogP contribution >= 0.6 is 23.8 Å². The van der Waals surface area contributed by atoms with Crippen molar-refractivity contribution in [3.8, 4) is 22.9 Å². The van der Waals surface area contributed by atoms with E-state index in [-0.39, 0.29) is 10.3 Å². The van der Waals surface area contributed by atoms with Gasteiger partial charge in [-0.25, -0.2) is 0 Å². The van der Waals surface area contributed by atoms with Crippen molar-refractivity contribution >= 4 is 34.7 Å². The molecule has 0 atom stereocenters. The molecule has 0 spiro atoms. The molecule has 0 aliphatic carbocycles. The highest BCUT2D eigenvalue weighted by atomic mass is 35.5. The number of benzene rings is 2. The highest BCUT2D eigenvalue weighted by molar-refractivity contribution is 7.71. The van der Waals surface area contributed by atoms with Gasteiger partial charge in [-0.05, 0) is 42.9 Å². The maximum atomic E-state index is 13.2. The van der Waals surface area contributed by atoms with Gasteiger partial charge in [0.15, 0.2) is 16.3 Å². The second-order valence-electron chi connectivity index (χ2n) is 5.57. The maximum Gasteiger partial charge on any atom is 0.267 e. The molecule has 2 aromatic carbocycles. The molecule has 0 aliphatic rings. The molecule has 26 heavy (non-hydrogen) atoms. The van der Waals surface area contributed by atoms with Crippen LogP contribution in [0.15, 0.2) is 29.1 Å². The van der Waals surface area contributed by atoms with Crippen LogP contribution in [-0.2, 0) is 0 Å². The zero-order chi connectivity index (χ0) is 19.0. The predicted octanol–water partition coefficient (Wildman–Crippen LogP) is 4.04. The lowest BCUT2D eigenvalue weighted by atomic mass is 10.1. The van der Waals surface area contributed by atoms with E-state index >= 15 is 0 Å². The average Bonchev–Trinajstić information content (AvgIpc) is 2.63. The second-order valence-corrected chi connectivity index (χ2v) is 6.39. The maximum absolute atomic E-state index is 13.2. The lowest BCUT2D eigenvalue weighted by molar-refractivity contribution is 0.326. The molecular weight excluding hydrogens is 376 g/mol. The minimum atomic E-state index is -0.312. The molecule has 0 radical (unpaired) electrons. The summed E-state index contributed by atoms with van der Waals surface area (Å²) < 4.78 is 17.8. The van der Waals surface area contributed by atoms with E-state index in [9.17, 15) is 4.79 Å². The van der Waals surface area contributed by atoms with Crippen LogP contribution in [-0.4, -0.2) is 30.9 Å². The van der Waals surface area contributed by atoms with Crippen molar-refractivity contribution < 1.29 is 14.2 Å². The standard InChI is InChI=1S/C18H17ClN2O4S/c1-9-5-6-10(19)7-12(9)21-17(22)11-8-13(23-2)15(24-3)16(25-4)14(11)20-18(21)26/h5-8H,1-4H3,(H,20,26). The van der Waals surface area contributed by atoms with Crippen LogP contribution < -0.4 is 19.8 Å². The first kappa shape index (κ1) is 18.3. The number of methoxy groups -OCH3 is 3. The van der Waals surface area contributed by atoms with Crippen molar-refractivity contribution in [1.82, 2.24) is 9.55 Å². The van der Waals surface area contributed by atoms with Gasteiger partial charge in [0.25, 0.3) is 5.56 Å². The van der Waals surface area contributed by atoms with E-state index in [4.69, 9.17) is 38.0 Å². The molecule has 0 saturated heterocycles. The van der Waals surface area contributed by atoms with E-state index in [1.54, 1.807) is 18.2 Å².